The molecule has 0 aliphatic rings. The molecule has 0 aliphatic carbocycles. The van der Waals surface area contributed by atoms with Gasteiger partial charge in [-0.25, -0.2) is 4.98 Å². The molecule has 2 aromatic carbocycles. The van der Waals surface area contributed by atoms with Gasteiger partial charge in [-0.3, -0.25) is 14.9 Å². The van der Waals surface area contributed by atoms with Gasteiger partial charge in [0.15, 0.2) is 0 Å². The number of hydrogen-bond acceptors (Lipinski definition) is 6. The van der Waals surface area contributed by atoms with Crippen LogP contribution in [-0.4, -0.2) is 27.4 Å². The molecule has 32 heavy (non-hydrogen) atoms. The summed E-state index contributed by atoms with van der Waals surface area (Å²) in [6.07, 6.45) is 3.61. The molecule has 3 rings (SSSR count). The number of fused-ring (bicyclic) bond motifs is 1. The fraction of sp³-hybridized carbons (Fsp3) is 0.227. The maximum absolute atomic E-state index is 13.3. The first kappa shape index (κ1) is 23.8. The Morgan fingerprint density at radius 1 is 1.31 bits per heavy atom. The first-order valence-electron chi connectivity index (χ1n) is 9.75. The summed E-state index contributed by atoms with van der Waals surface area (Å²) in [5, 5.41) is 16.3. The van der Waals surface area contributed by atoms with E-state index in [0.29, 0.717) is 26.8 Å². The van der Waals surface area contributed by atoms with Gasteiger partial charge in [-0.15, -0.1) is 0 Å². The first-order chi connectivity index (χ1) is 15.3. The predicted molar refractivity (Wildman–Crippen MR) is 132 cm³/mol. The SMILES string of the molecule is C=CCOc1c(C=Nn2c([C@H](C)CC)nc3ccc(Br)cc3c2=O)cc(Br)cc1[N+](=O)[O-]. The lowest BCUT2D eigenvalue weighted by Crippen LogP contribution is -2.23. The number of halogens is 2. The van der Waals surface area contributed by atoms with Gasteiger partial charge in [0.1, 0.15) is 12.4 Å². The van der Waals surface area contributed by atoms with E-state index in [9.17, 15) is 14.9 Å². The number of nitro groups is 1. The molecule has 1 atom stereocenters. The van der Waals surface area contributed by atoms with E-state index < -0.39 is 4.92 Å². The van der Waals surface area contributed by atoms with Crippen LogP contribution in [0, 0.1) is 10.1 Å². The fourth-order valence-electron chi connectivity index (χ4n) is 3.03. The molecule has 0 bridgehead atoms. The minimum atomic E-state index is -0.535. The van der Waals surface area contributed by atoms with Gasteiger partial charge in [-0.1, -0.05) is 58.4 Å². The van der Waals surface area contributed by atoms with Gasteiger partial charge in [0.25, 0.3) is 5.56 Å². The first-order valence-corrected chi connectivity index (χ1v) is 11.3. The topological polar surface area (TPSA) is 99.6 Å². The van der Waals surface area contributed by atoms with Gasteiger partial charge < -0.3 is 4.74 Å². The van der Waals surface area contributed by atoms with Crippen LogP contribution in [0.2, 0.25) is 0 Å². The van der Waals surface area contributed by atoms with Crippen LogP contribution in [0.4, 0.5) is 5.69 Å². The van der Waals surface area contributed by atoms with Gasteiger partial charge in [-0.2, -0.15) is 9.78 Å². The number of nitrogens with zero attached hydrogens (tertiary/aromatic N) is 4. The Labute approximate surface area is 201 Å². The lowest BCUT2D eigenvalue weighted by molar-refractivity contribution is -0.385. The molecule has 8 nitrogen and oxygen atoms in total. The molecule has 0 radical (unpaired) electrons. The van der Waals surface area contributed by atoms with Gasteiger partial charge in [-0.05, 0) is 30.7 Å². The van der Waals surface area contributed by atoms with E-state index >= 15 is 0 Å². The van der Waals surface area contributed by atoms with E-state index in [1.165, 1.54) is 23.0 Å². The third-order valence-electron chi connectivity index (χ3n) is 4.80. The van der Waals surface area contributed by atoms with Crippen LogP contribution >= 0.6 is 31.9 Å². The standard InChI is InChI=1S/C22H20Br2N4O4/c1-4-8-32-20-14(9-16(24)11-19(20)28(30)31)12-25-27-21(13(3)5-2)26-18-7-6-15(23)10-17(18)22(27)29/h4,6-7,9-13H,1,5,8H2,2-3H3/t13-/m1/s1. The summed E-state index contributed by atoms with van der Waals surface area (Å²) in [4.78, 5) is 28.9. The van der Waals surface area contributed by atoms with E-state index in [1.807, 2.05) is 19.9 Å². The monoisotopic (exact) mass is 562 g/mol. The predicted octanol–water partition coefficient (Wildman–Crippen LogP) is 5.79. The molecule has 0 saturated carbocycles. The Balaban J connectivity index is 2.24. The van der Waals surface area contributed by atoms with Crippen molar-refractivity contribution in [1.82, 2.24) is 9.66 Å². The quantitative estimate of drug-likeness (QED) is 0.149. The molecule has 166 valence electrons. The average molecular weight is 564 g/mol. The molecule has 0 amide bonds. The molecule has 0 aliphatic heterocycles. The van der Waals surface area contributed by atoms with Crippen molar-refractivity contribution in [3.8, 4) is 5.75 Å². The number of rotatable bonds is 8. The molecule has 3 aromatic rings. The third kappa shape index (κ3) is 4.97. The summed E-state index contributed by atoms with van der Waals surface area (Å²) < 4.78 is 8.03. The highest BCUT2D eigenvalue weighted by molar-refractivity contribution is 9.10. The maximum Gasteiger partial charge on any atom is 0.312 e. The molecular weight excluding hydrogens is 544 g/mol. The highest BCUT2D eigenvalue weighted by atomic mass is 79.9. The number of aromatic nitrogens is 2. The van der Waals surface area contributed by atoms with E-state index in [1.54, 1.807) is 18.2 Å². The fourth-order valence-corrected chi connectivity index (χ4v) is 3.85. The summed E-state index contributed by atoms with van der Waals surface area (Å²) >= 11 is 6.67. The maximum atomic E-state index is 13.3. The Hall–Kier alpha value is -2.85. The molecule has 10 heteroatoms. The van der Waals surface area contributed by atoms with Crippen molar-refractivity contribution in [3.05, 3.63) is 83.8 Å². The van der Waals surface area contributed by atoms with Crippen LogP contribution in [0.15, 0.2) is 61.8 Å². The minimum Gasteiger partial charge on any atom is -0.482 e. The number of hydrogen-bond donors (Lipinski definition) is 0. The van der Waals surface area contributed by atoms with Crippen LogP contribution in [-0.2, 0) is 0 Å². The molecule has 0 N–H and O–H groups in total. The van der Waals surface area contributed by atoms with Crippen LogP contribution in [0.5, 0.6) is 5.75 Å². The van der Waals surface area contributed by atoms with Crippen molar-refractivity contribution in [2.24, 2.45) is 5.10 Å². The highest BCUT2D eigenvalue weighted by Crippen LogP contribution is 2.34. The molecule has 0 fully saturated rings. The Kier molecular flexibility index (Phi) is 7.57. The van der Waals surface area contributed by atoms with Crippen LogP contribution in [0.25, 0.3) is 10.9 Å². The lowest BCUT2D eigenvalue weighted by Gasteiger charge is -2.14. The number of ether oxygens (including phenoxy) is 1. The van der Waals surface area contributed by atoms with E-state index in [4.69, 9.17) is 4.74 Å². The van der Waals surface area contributed by atoms with Gasteiger partial charge in [0.2, 0.25) is 5.75 Å². The normalized spacial score (nSPS) is 12.2. The second kappa shape index (κ2) is 10.2. The molecule has 0 spiro atoms. The van der Waals surface area contributed by atoms with E-state index in [2.05, 4.69) is 48.5 Å². The third-order valence-corrected chi connectivity index (χ3v) is 5.75. The van der Waals surface area contributed by atoms with Crippen LogP contribution < -0.4 is 10.3 Å². The Morgan fingerprint density at radius 3 is 2.72 bits per heavy atom. The zero-order valence-corrected chi connectivity index (χ0v) is 20.6. The molecule has 0 saturated heterocycles. The van der Waals surface area contributed by atoms with Gasteiger partial charge >= 0.3 is 5.69 Å². The smallest absolute Gasteiger partial charge is 0.312 e. The van der Waals surface area contributed by atoms with Crippen molar-refractivity contribution < 1.29 is 9.66 Å². The van der Waals surface area contributed by atoms with Gasteiger partial charge in [0, 0.05) is 26.5 Å². The Morgan fingerprint density at radius 2 is 2.06 bits per heavy atom. The summed E-state index contributed by atoms with van der Waals surface area (Å²) in [5.74, 6) is 0.499. The van der Waals surface area contributed by atoms with Crippen molar-refractivity contribution >= 4 is 54.7 Å². The molecule has 1 heterocycles. The second-order valence-corrected chi connectivity index (χ2v) is 8.83. The molecular formula is C22H20Br2N4O4. The zero-order chi connectivity index (χ0) is 23.4. The number of nitro benzene ring substituents is 1. The summed E-state index contributed by atoms with van der Waals surface area (Å²) in [5.41, 5.74) is 0.357. The second-order valence-electron chi connectivity index (χ2n) is 7.00. The highest BCUT2D eigenvalue weighted by Gasteiger charge is 2.21. The Bertz CT molecular complexity index is 1290. The van der Waals surface area contributed by atoms with Crippen molar-refractivity contribution in [2.45, 2.75) is 26.2 Å². The minimum absolute atomic E-state index is 0.0384. The van der Waals surface area contributed by atoms with Crippen LogP contribution in [0.1, 0.15) is 37.6 Å². The summed E-state index contributed by atoms with van der Waals surface area (Å²) in [7, 11) is 0. The van der Waals surface area contributed by atoms with Crippen molar-refractivity contribution in [3.63, 3.8) is 0 Å². The molecule has 0 unspecified atom stereocenters. The van der Waals surface area contributed by atoms with Crippen molar-refractivity contribution in [1.29, 1.82) is 0 Å². The van der Waals surface area contributed by atoms with Crippen LogP contribution in [0.3, 0.4) is 0 Å². The van der Waals surface area contributed by atoms with Crippen molar-refractivity contribution in [2.75, 3.05) is 6.61 Å². The van der Waals surface area contributed by atoms with E-state index in [-0.39, 0.29) is 29.5 Å². The van der Waals surface area contributed by atoms with E-state index in [0.717, 1.165) is 10.9 Å². The molecule has 1 aromatic heterocycles. The summed E-state index contributed by atoms with van der Waals surface area (Å²) in [6.45, 7) is 7.62. The largest absolute Gasteiger partial charge is 0.482 e. The lowest BCUT2D eigenvalue weighted by atomic mass is 10.1. The number of benzene rings is 2. The van der Waals surface area contributed by atoms with Gasteiger partial charge in [0.05, 0.1) is 22.0 Å². The zero-order valence-electron chi connectivity index (χ0n) is 17.4. The summed E-state index contributed by atoms with van der Waals surface area (Å²) in [6, 6.07) is 8.28. The average Bonchev–Trinajstić information content (AvgIpc) is 2.76.